The molecule has 0 fully saturated rings. The van der Waals surface area contributed by atoms with Crippen molar-refractivity contribution in [2.24, 2.45) is 7.05 Å². The first-order valence-corrected chi connectivity index (χ1v) is 7.40. The van der Waals surface area contributed by atoms with Gasteiger partial charge in [-0.25, -0.2) is 4.98 Å². The standard InChI is InChI=1S/C12H16N4O3S/c1-3-16(9-5-4-6-10(17)7-9)20(18,19)12-11(13)14-8-15(12)2/h4-8,17H,3,13H2,1-2H3. The number of aryl methyl sites for hydroxylation is 1. The topological polar surface area (TPSA) is 101 Å². The molecule has 20 heavy (non-hydrogen) atoms. The van der Waals surface area contributed by atoms with E-state index < -0.39 is 10.0 Å². The average molecular weight is 296 g/mol. The number of aromatic hydroxyl groups is 1. The number of sulfonamides is 1. The fourth-order valence-electron chi connectivity index (χ4n) is 2.00. The molecule has 108 valence electrons. The third-order valence-corrected chi connectivity index (χ3v) is 4.88. The van der Waals surface area contributed by atoms with Gasteiger partial charge in [0.2, 0.25) is 0 Å². The highest BCUT2D eigenvalue weighted by atomic mass is 32.2. The Morgan fingerprint density at radius 2 is 2.15 bits per heavy atom. The fourth-order valence-corrected chi connectivity index (χ4v) is 3.66. The SMILES string of the molecule is CCN(c1cccc(O)c1)S(=O)(=O)c1c(N)ncn1C. The maximum atomic E-state index is 12.7. The molecule has 2 aromatic rings. The van der Waals surface area contributed by atoms with E-state index >= 15 is 0 Å². The molecule has 2 rings (SSSR count). The smallest absolute Gasteiger partial charge is 0.283 e. The Morgan fingerprint density at radius 1 is 1.45 bits per heavy atom. The van der Waals surface area contributed by atoms with E-state index in [9.17, 15) is 13.5 Å². The van der Waals surface area contributed by atoms with E-state index in [-0.39, 0.29) is 23.1 Å². The van der Waals surface area contributed by atoms with Crippen molar-refractivity contribution in [2.45, 2.75) is 11.9 Å². The highest BCUT2D eigenvalue weighted by molar-refractivity contribution is 7.92. The van der Waals surface area contributed by atoms with E-state index in [1.54, 1.807) is 26.1 Å². The minimum Gasteiger partial charge on any atom is -0.508 e. The van der Waals surface area contributed by atoms with Gasteiger partial charge in [0.25, 0.3) is 10.0 Å². The van der Waals surface area contributed by atoms with E-state index in [0.717, 1.165) is 0 Å². The third kappa shape index (κ3) is 2.29. The van der Waals surface area contributed by atoms with E-state index in [4.69, 9.17) is 5.73 Å². The quantitative estimate of drug-likeness (QED) is 0.873. The van der Waals surface area contributed by atoms with Crippen LogP contribution in [0.5, 0.6) is 5.75 Å². The van der Waals surface area contributed by atoms with Crippen LogP contribution in [0.4, 0.5) is 11.5 Å². The van der Waals surface area contributed by atoms with Gasteiger partial charge in [-0.05, 0) is 19.1 Å². The van der Waals surface area contributed by atoms with Crippen LogP contribution in [0.2, 0.25) is 0 Å². The molecule has 8 heteroatoms. The summed E-state index contributed by atoms with van der Waals surface area (Å²) in [5, 5.41) is 9.43. The fraction of sp³-hybridized carbons (Fsp3) is 0.250. The number of benzene rings is 1. The third-order valence-electron chi connectivity index (χ3n) is 2.85. The molecule has 0 amide bonds. The van der Waals surface area contributed by atoms with Crippen LogP contribution in [0.3, 0.4) is 0 Å². The molecule has 0 unspecified atom stereocenters. The summed E-state index contributed by atoms with van der Waals surface area (Å²) in [7, 11) is -2.28. The minimum atomic E-state index is -3.84. The predicted molar refractivity (Wildman–Crippen MR) is 75.9 cm³/mol. The largest absolute Gasteiger partial charge is 0.508 e. The summed E-state index contributed by atoms with van der Waals surface area (Å²) in [6.45, 7) is 1.91. The summed E-state index contributed by atoms with van der Waals surface area (Å²) >= 11 is 0. The highest BCUT2D eigenvalue weighted by Crippen LogP contribution is 2.28. The number of phenolic OH excluding ortho intramolecular Hbond substituents is 1. The highest BCUT2D eigenvalue weighted by Gasteiger charge is 2.29. The number of phenols is 1. The van der Waals surface area contributed by atoms with Crippen LogP contribution in [0.1, 0.15) is 6.92 Å². The maximum absolute atomic E-state index is 12.7. The zero-order valence-corrected chi connectivity index (χ0v) is 12.0. The molecular weight excluding hydrogens is 280 g/mol. The summed E-state index contributed by atoms with van der Waals surface area (Å²) in [5.74, 6) is -0.0553. The molecule has 0 spiro atoms. The van der Waals surface area contributed by atoms with Crippen molar-refractivity contribution in [3.8, 4) is 5.75 Å². The molecule has 0 bridgehead atoms. The Kier molecular flexibility index (Phi) is 3.58. The van der Waals surface area contributed by atoms with E-state index in [1.807, 2.05) is 0 Å². The van der Waals surface area contributed by atoms with Crippen molar-refractivity contribution in [1.29, 1.82) is 0 Å². The number of rotatable bonds is 4. The van der Waals surface area contributed by atoms with Crippen LogP contribution in [-0.2, 0) is 17.1 Å². The lowest BCUT2D eigenvalue weighted by Crippen LogP contribution is -2.32. The molecule has 0 aliphatic rings. The molecule has 0 aliphatic carbocycles. The zero-order valence-electron chi connectivity index (χ0n) is 11.2. The van der Waals surface area contributed by atoms with Gasteiger partial charge in [-0.3, -0.25) is 4.31 Å². The van der Waals surface area contributed by atoms with Gasteiger partial charge in [0.1, 0.15) is 5.75 Å². The number of hydrogen-bond acceptors (Lipinski definition) is 5. The van der Waals surface area contributed by atoms with Gasteiger partial charge >= 0.3 is 0 Å². The van der Waals surface area contributed by atoms with Gasteiger partial charge in [0.15, 0.2) is 10.8 Å². The molecule has 1 heterocycles. The number of imidazole rings is 1. The normalized spacial score (nSPS) is 11.5. The van der Waals surface area contributed by atoms with Crippen LogP contribution < -0.4 is 10.0 Å². The molecule has 1 aromatic carbocycles. The zero-order chi connectivity index (χ0) is 14.9. The molecular formula is C12H16N4O3S. The second-order valence-corrected chi connectivity index (χ2v) is 6.01. The average Bonchev–Trinajstić information content (AvgIpc) is 2.70. The van der Waals surface area contributed by atoms with E-state index in [1.165, 1.54) is 27.3 Å². The molecule has 0 saturated heterocycles. The van der Waals surface area contributed by atoms with Gasteiger partial charge in [-0.15, -0.1) is 0 Å². The number of nitrogens with zero attached hydrogens (tertiary/aromatic N) is 3. The van der Waals surface area contributed by atoms with Gasteiger partial charge in [0, 0.05) is 19.7 Å². The maximum Gasteiger partial charge on any atom is 0.283 e. The second kappa shape index (κ2) is 5.04. The lowest BCUT2D eigenvalue weighted by atomic mass is 10.3. The molecule has 0 saturated carbocycles. The van der Waals surface area contributed by atoms with Crippen molar-refractivity contribution in [2.75, 3.05) is 16.6 Å². The van der Waals surface area contributed by atoms with Crippen molar-refractivity contribution in [1.82, 2.24) is 9.55 Å². The first kappa shape index (κ1) is 14.2. The monoisotopic (exact) mass is 296 g/mol. The van der Waals surface area contributed by atoms with Crippen LogP contribution >= 0.6 is 0 Å². The summed E-state index contributed by atoms with van der Waals surface area (Å²) in [5.41, 5.74) is 6.01. The van der Waals surface area contributed by atoms with Crippen molar-refractivity contribution < 1.29 is 13.5 Å². The Hall–Kier alpha value is -2.22. The molecule has 7 nitrogen and oxygen atoms in total. The molecule has 1 aromatic heterocycles. The van der Waals surface area contributed by atoms with Gasteiger partial charge < -0.3 is 15.4 Å². The van der Waals surface area contributed by atoms with Crippen molar-refractivity contribution in [3.05, 3.63) is 30.6 Å². The number of aromatic nitrogens is 2. The number of hydrogen-bond donors (Lipinski definition) is 2. The second-order valence-electron chi connectivity index (χ2n) is 4.24. The molecule has 0 aliphatic heterocycles. The van der Waals surface area contributed by atoms with Crippen LogP contribution in [0, 0.1) is 0 Å². The van der Waals surface area contributed by atoms with Crippen molar-refractivity contribution >= 4 is 21.5 Å². The summed E-state index contributed by atoms with van der Waals surface area (Å²) < 4.78 is 27.9. The Morgan fingerprint density at radius 3 is 2.65 bits per heavy atom. The summed E-state index contributed by atoms with van der Waals surface area (Å²) in [6, 6.07) is 6.04. The Bertz CT molecular complexity index is 705. The summed E-state index contributed by atoms with van der Waals surface area (Å²) in [4.78, 5) is 3.80. The number of nitrogen functional groups attached to an aromatic ring is 1. The Balaban J connectivity index is 2.57. The van der Waals surface area contributed by atoms with Crippen LogP contribution in [0.25, 0.3) is 0 Å². The lowest BCUT2D eigenvalue weighted by Gasteiger charge is -2.23. The van der Waals surface area contributed by atoms with Crippen LogP contribution in [0.15, 0.2) is 35.6 Å². The van der Waals surface area contributed by atoms with E-state index in [2.05, 4.69) is 4.98 Å². The Labute approximate surface area is 117 Å². The number of anilines is 2. The van der Waals surface area contributed by atoms with Crippen molar-refractivity contribution in [3.63, 3.8) is 0 Å². The molecule has 3 N–H and O–H groups in total. The number of nitrogens with two attached hydrogens (primary N) is 1. The predicted octanol–water partition coefficient (Wildman–Crippen LogP) is 0.923. The summed E-state index contributed by atoms with van der Waals surface area (Å²) in [6.07, 6.45) is 1.35. The first-order chi connectivity index (χ1) is 9.37. The lowest BCUT2D eigenvalue weighted by molar-refractivity contribution is 0.475. The molecule has 0 atom stereocenters. The van der Waals surface area contributed by atoms with Gasteiger partial charge in [-0.1, -0.05) is 6.07 Å². The van der Waals surface area contributed by atoms with E-state index in [0.29, 0.717) is 5.69 Å². The first-order valence-electron chi connectivity index (χ1n) is 5.96. The van der Waals surface area contributed by atoms with Gasteiger partial charge in [-0.2, -0.15) is 8.42 Å². The van der Waals surface area contributed by atoms with Gasteiger partial charge in [0.05, 0.1) is 12.0 Å². The minimum absolute atomic E-state index is 0.00544. The molecule has 0 radical (unpaired) electrons. The van der Waals surface area contributed by atoms with Crippen LogP contribution in [-0.4, -0.2) is 29.6 Å².